The standard InChI is InChI=1S/C13H14BrN3O3S/c14-8-5-7-10(21-8)11(18)16-9(15-7)6-13(17-12(19)20)3-1-2-4-13/h5,17H,1-4,6H2,(H,19,20)(H,15,16,18). The number of thiophene rings is 1. The van der Waals surface area contributed by atoms with E-state index in [0.29, 0.717) is 22.5 Å². The quantitative estimate of drug-likeness (QED) is 0.772. The molecule has 6 nitrogen and oxygen atoms in total. The van der Waals surface area contributed by atoms with Crippen molar-refractivity contribution in [3.8, 4) is 0 Å². The number of rotatable bonds is 3. The Morgan fingerprint density at radius 3 is 2.90 bits per heavy atom. The number of nitrogens with one attached hydrogen (secondary N) is 2. The molecule has 2 aromatic rings. The Labute approximate surface area is 132 Å². The molecule has 0 aliphatic heterocycles. The predicted octanol–water partition coefficient (Wildman–Crippen LogP) is 2.87. The van der Waals surface area contributed by atoms with Crippen LogP contribution in [0.4, 0.5) is 4.79 Å². The minimum atomic E-state index is -1.03. The third-order valence-electron chi connectivity index (χ3n) is 3.84. The van der Waals surface area contributed by atoms with Crippen LogP contribution in [-0.4, -0.2) is 26.7 Å². The molecule has 3 N–H and O–H groups in total. The number of carboxylic acid groups (broad SMARTS) is 1. The Bertz CT molecular complexity index is 749. The number of aromatic nitrogens is 2. The zero-order valence-corrected chi connectivity index (χ0v) is 13.5. The Morgan fingerprint density at radius 1 is 1.52 bits per heavy atom. The molecule has 0 atom stereocenters. The van der Waals surface area contributed by atoms with E-state index >= 15 is 0 Å². The van der Waals surface area contributed by atoms with Crippen LogP contribution in [0.5, 0.6) is 0 Å². The third kappa shape index (κ3) is 2.96. The van der Waals surface area contributed by atoms with Gasteiger partial charge in [-0.15, -0.1) is 11.3 Å². The van der Waals surface area contributed by atoms with Crippen LogP contribution < -0.4 is 10.9 Å². The van der Waals surface area contributed by atoms with E-state index < -0.39 is 11.6 Å². The summed E-state index contributed by atoms with van der Waals surface area (Å²) in [5, 5.41) is 11.7. The highest BCUT2D eigenvalue weighted by Gasteiger charge is 2.36. The van der Waals surface area contributed by atoms with Crippen LogP contribution in [0, 0.1) is 0 Å². The van der Waals surface area contributed by atoms with Gasteiger partial charge >= 0.3 is 6.09 Å². The summed E-state index contributed by atoms with van der Waals surface area (Å²) in [6, 6.07) is 1.81. The summed E-state index contributed by atoms with van der Waals surface area (Å²) in [7, 11) is 0. The maximum Gasteiger partial charge on any atom is 0.405 e. The van der Waals surface area contributed by atoms with Gasteiger partial charge in [0.05, 0.1) is 14.8 Å². The fourth-order valence-corrected chi connectivity index (χ4v) is 4.41. The first-order valence-electron chi connectivity index (χ1n) is 6.67. The van der Waals surface area contributed by atoms with Crippen LogP contribution in [0.2, 0.25) is 0 Å². The molecule has 8 heteroatoms. The third-order valence-corrected chi connectivity index (χ3v) is 5.47. The van der Waals surface area contributed by atoms with Gasteiger partial charge in [-0.1, -0.05) is 12.8 Å². The van der Waals surface area contributed by atoms with Gasteiger partial charge in [-0.2, -0.15) is 0 Å². The topological polar surface area (TPSA) is 95.1 Å². The maximum atomic E-state index is 12.1. The molecule has 0 aromatic carbocycles. The molecule has 0 spiro atoms. The van der Waals surface area contributed by atoms with Gasteiger partial charge < -0.3 is 15.4 Å². The second-order valence-corrected chi connectivity index (χ2v) is 7.80. The van der Waals surface area contributed by atoms with Crippen molar-refractivity contribution in [2.24, 2.45) is 0 Å². The highest BCUT2D eigenvalue weighted by Crippen LogP contribution is 2.32. The predicted molar refractivity (Wildman–Crippen MR) is 84.0 cm³/mol. The van der Waals surface area contributed by atoms with E-state index in [4.69, 9.17) is 5.11 Å². The van der Waals surface area contributed by atoms with Crippen LogP contribution in [-0.2, 0) is 6.42 Å². The number of halogens is 1. The number of amides is 1. The average molecular weight is 372 g/mol. The van der Waals surface area contributed by atoms with E-state index in [1.165, 1.54) is 11.3 Å². The summed E-state index contributed by atoms with van der Waals surface area (Å²) >= 11 is 4.69. The molecule has 0 unspecified atom stereocenters. The van der Waals surface area contributed by atoms with Gasteiger partial charge in [0.25, 0.3) is 5.56 Å². The average Bonchev–Trinajstić information content (AvgIpc) is 2.95. The lowest BCUT2D eigenvalue weighted by atomic mass is 9.93. The first-order chi connectivity index (χ1) is 9.97. The van der Waals surface area contributed by atoms with Crippen molar-refractivity contribution >= 4 is 43.6 Å². The number of hydrogen-bond donors (Lipinski definition) is 3. The van der Waals surface area contributed by atoms with Crippen molar-refractivity contribution in [3.63, 3.8) is 0 Å². The molecule has 112 valence electrons. The monoisotopic (exact) mass is 371 g/mol. The molecule has 1 aliphatic rings. The lowest BCUT2D eigenvalue weighted by Gasteiger charge is -2.28. The summed E-state index contributed by atoms with van der Waals surface area (Å²) in [4.78, 5) is 30.3. The van der Waals surface area contributed by atoms with Crippen LogP contribution in [0.15, 0.2) is 14.6 Å². The second-order valence-electron chi connectivity index (χ2n) is 5.37. The van der Waals surface area contributed by atoms with Gasteiger partial charge in [0.15, 0.2) is 0 Å². The van der Waals surface area contributed by atoms with Crippen LogP contribution in [0.1, 0.15) is 31.5 Å². The van der Waals surface area contributed by atoms with E-state index in [2.05, 4.69) is 31.2 Å². The molecule has 1 amide bonds. The lowest BCUT2D eigenvalue weighted by molar-refractivity contribution is 0.176. The van der Waals surface area contributed by atoms with Crippen molar-refractivity contribution in [1.82, 2.24) is 15.3 Å². The normalized spacial score (nSPS) is 17.2. The highest BCUT2D eigenvalue weighted by atomic mass is 79.9. The number of aromatic amines is 1. The van der Waals surface area contributed by atoms with Crippen LogP contribution in [0.3, 0.4) is 0 Å². The smallest absolute Gasteiger partial charge is 0.405 e. The molecule has 21 heavy (non-hydrogen) atoms. The van der Waals surface area contributed by atoms with Gasteiger partial charge in [0.2, 0.25) is 0 Å². The molecule has 1 aliphatic carbocycles. The molecule has 2 aromatic heterocycles. The zero-order chi connectivity index (χ0) is 15.0. The van der Waals surface area contributed by atoms with Gasteiger partial charge in [-0.3, -0.25) is 4.79 Å². The van der Waals surface area contributed by atoms with Crippen molar-refractivity contribution < 1.29 is 9.90 Å². The number of H-pyrrole nitrogens is 1. The molecule has 1 fully saturated rings. The minimum absolute atomic E-state index is 0.172. The molecule has 0 saturated heterocycles. The van der Waals surface area contributed by atoms with E-state index in [9.17, 15) is 9.59 Å². The summed E-state index contributed by atoms with van der Waals surface area (Å²) < 4.78 is 1.43. The molecule has 2 heterocycles. The number of fused-ring (bicyclic) bond motifs is 1. The Balaban J connectivity index is 1.96. The zero-order valence-electron chi connectivity index (χ0n) is 11.1. The first kappa shape index (κ1) is 14.5. The van der Waals surface area contributed by atoms with Crippen molar-refractivity contribution in [2.75, 3.05) is 0 Å². The first-order valence-corrected chi connectivity index (χ1v) is 8.28. The molecule has 0 bridgehead atoms. The summed E-state index contributed by atoms with van der Waals surface area (Å²) in [6.07, 6.45) is 2.90. The lowest BCUT2D eigenvalue weighted by Crippen LogP contribution is -2.48. The number of nitrogens with zero attached hydrogens (tertiary/aromatic N) is 1. The van der Waals surface area contributed by atoms with Crippen molar-refractivity contribution in [1.29, 1.82) is 0 Å². The number of carbonyl (C=O) groups is 1. The van der Waals surface area contributed by atoms with E-state index in [1.807, 2.05) is 6.07 Å². The molecule has 1 saturated carbocycles. The van der Waals surface area contributed by atoms with Crippen molar-refractivity contribution in [3.05, 3.63) is 26.0 Å². The van der Waals surface area contributed by atoms with Crippen LogP contribution >= 0.6 is 27.3 Å². The van der Waals surface area contributed by atoms with Crippen LogP contribution in [0.25, 0.3) is 10.2 Å². The maximum absolute atomic E-state index is 12.1. The number of hydrogen-bond acceptors (Lipinski definition) is 4. The fraction of sp³-hybridized carbons (Fsp3) is 0.462. The molecule has 3 rings (SSSR count). The Kier molecular flexibility index (Phi) is 3.75. The fourth-order valence-electron chi connectivity index (χ4n) is 2.99. The SMILES string of the molecule is O=C(O)NC1(Cc2nc3cc(Br)sc3c(=O)[nH]2)CCCC1. The molecule has 0 radical (unpaired) electrons. The largest absolute Gasteiger partial charge is 0.465 e. The summed E-state index contributed by atoms with van der Waals surface area (Å²) in [6.45, 7) is 0. The van der Waals surface area contributed by atoms with E-state index in [0.717, 1.165) is 29.5 Å². The second kappa shape index (κ2) is 5.42. The molecular formula is C13H14BrN3O3S. The van der Waals surface area contributed by atoms with Gasteiger partial charge in [-0.05, 0) is 34.8 Å². The van der Waals surface area contributed by atoms with Gasteiger partial charge in [0.1, 0.15) is 10.5 Å². The van der Waals surface area contributed by atoms with E-state index in [-0.39, 0.29) is 5.56 Å². The van der Waals surface area contributed by atoms with Gasteiger partial charge in [0, 0.05) is 6.42 Å². The van der Waals surface area contributed by atoms with Gasteiger partial charge in [-0.25, -0.2) is 9.78 Å². The minimum Gasteiger partial charge on any atom is -0.465 e. The Hall–Kier alpha value is -1.41. The molecular weight excluding hydrogens is 358 g/mol. The highest BCUT2D eigenvalue weighted by molar-refractivity contribution is 9.11. The Morgan fingerprint density at radius 2 is 2.24 bits per heavy atom. The summed E-state index contributed by atoms with van der Waals surface area (Å²) in [5.74, 6) is 0.536. The summed E-state index contributed by atoms with van der Waals surface area (Å²) in [5.41, 5.74) is -0.0360. The van der Waals surface area contributed by atoms with E-state index in [1.54, 1.807) is 0 Å². The van der Waals surface area contributed by atoms with Crippen molar-refractivity contribution in [2.45, 2.75) is 37.6 Å².